The molecule has 0 bridgehead atoms. The van der Waals surface area contributed by atoms with Crippen molar-refractivity contribution in [2.75, 3.05) is 31.1 Å². The first-order chi connectivity index (χ1) is 13.1. The molecule has 27 heavy (non-hydrogen) atoms. The second kappa shape index (κ2) is 7.67. The fraction of sp³-hybridized carbons (Fsp3) is 0.500. The number of rotatable bonds is 3. The van der Waals surface area contributed by atoms with E-state index in [1.807, 2.05) is 4.90 Å². The van der Waals surface area contributed by atoms with E-state index >= 15 is 0 Å². The molecular weight excluding hydrogens is 336 g/mol. The first kappa shape index (κ1) is 18.0. The van der Waals surface area contributed by atoms with E-state index in [-0.39, 0.29) is 5.91 Å². The van der Waals surface area contributed by atoms with Gasteiger partial charge in [-0.2, -0.15) is 0 Å². The van der Waals surface area contributed by atoms with Crippen LogP contribution >= 0.6 is 0 Å². The van der Waals surface area contributed by atoms with Gasteiger partial charge in [0.2, 0.25) is 0 Å². The Kier molecular flexibility index (Phi) is 5.10. The number of hydrogen-bond donors (Lipinski definition) is 0. The predicted molar refractivity (Wildman–Crippen MR) is 108 cm³/mol. The van der Waals surface area contributed by atoms with E-state index in [2.05, 4.69) is 48.0 Å². The maximum Gasteiger partial charge on any atom is 0.259 e. The van der Waals surface area contributed by atoms with Crippen LogP contribution in [0.2, 0.25) is 0 Å². The molecule has 0 saturated carbocycles. The number of carbonyl (C=O) groups is 1. The van der Waals surface area contributed by atoms with Crippen LogP contribution in [-0.4, -0.2) is 47.0 Å². The third-order valence-corrected chi connectivity index (χ3v) is 5.79. The van der Waals surface area contributed by atoms with E-state index in [0.717, 1.165) is 69.2 Å². The highest BCUT2D eigenvalue weighted by Crippen LogP contribution is 2.28. The van der Waals surface area contributed by atoms with Crippen molar-refractivity contribution >= 4 is 11.7 Å². The summed E-state index contributed by atoms with van der Waals surface area (Å²) < 4.78 is 0. The minimum atomic E-state index is 0.0802. The molecule has 142 valence electrons. The van der Waals surface area contributed by atoms with Gasteiger partial charge in [-0.25, -0.2) is 9.97 Å². The van der Waals surface area contributed by atoms with Crippen molar-refractivity contribution in [2.24, 2.45) is 5.92 Å². The number of piperidine rings is 1. The lowest BCUT2D eigenvalue weighted by Crippen LogP contribution is -2.36. The standard InChI is InChI=1S/C22H28N4O/c1-16-5-7-18(8-6-16)20-23-15-19(22(27)26-11-3-4-12-26)21(24-20)25-13-9-17(2)10-14-25/h5-8,15,17H,3-4,9-14H2,1-2H3. The molecule has 3 heterocycles. The number of aromatic nitrogens is 2. The van der Waals surface area contributed by atoms with E-state index < -0.39 is 0 Å². The van der Waals surface area contributed by atoms with Gasteiger partial charge in [-0.3, -0.25) is 4.79 Å². The molecule has 2 aliphatic rings. The van der Waals surface area contributed by atoms with Gasteiger partial charge < -0.3 is 9.80 Å². The zero-order valence-corrected chi connectivity index (χ0v) is 16.3. The van der Waals surface area contributed by atoms with Crippen LogP contribution in [0.15, 0.2) is 30.5 Å². The van der Waals surface area contributed by atoms with Crippen LogP contribution in [0.1, 0.15) is 48.5 Å². The van der Waals surface area contributed by atoms with Crippen LogP contribution in [0.3, 0.4) is 0 Å². The van der Waals surface area contributed by atoms with E-state index in [1.54, 1.807) is 6.20 Å². The Morgan fingerprint density at radius 1 is 1.04 bits per heavy atom. The Hall–Kier alpha value is -2.43. The maximum absolute atomic E-state index is 13.1. The van der Waals surface area contributed by atoms with Crippen molar-refractivity contribution in [1.82, 2.24) is 14.9 Å². The lowest BCUT2D eigenvalue weighted by Gasteiger charge is -2.32. The van der Waals surface area contributed by atoms with Crippen molar-refractivity contribution in [3.05, 3.63) is 41.6 Å². The Morgan fingerprint density at radius 3 is 2.37 bits per heavy atom. The largest absolute Gasteiger partial charge is 0.356 e. The van der Waals surface area contributed by atoms with Gasteiger partial charge >= 0.3 is 0 Å². The van der Waals surface area contributed by atoms with Gasteiger partial charge in [0.1, 0.15) is 11.4 Å². The second-order valence-corrected chi connectivity index (χ2v) is 7.97. The summed E-state index contributed by atoms with van der Waals surface area (Å²) in [6, 6.07) is 8.25. The van der Waals surface area contributed by atoms with Crippen molar-refractivity contribution < 1.29 is 4.79 Å². The fourth-order valence-corrected chi connectivity index (χ4v) is 3.92. The highest BCUT2D eigenvalue weighted by Gasteiger charge is 2.27. The normalized spacial score (nSPS) is 18.1. The molecule has 0 radical (unpaired) electrons. The lowest BCUT2D eigenvalue weighted by atomic mass is 9.99. The monoisotopic (exact) mass is 364 g/mol. The summed E-state index contributed by atoms with van der Waals surface area (Å²) >= 11 is 0. The van der Waals surface area contributed by atoms with E-state index in [4.69, 9.17) is 4.98 Å². The minimum absolute atomic E-state index is 0.0802. The van der Waals surface area contributed by atoms with Gasteiger partial charge in [0.05, 0.1) is 0 Å². The molecule has 2 fully saturated rings. The predicted octanol–water partition coefficient (Wildman–Crippen LogP) is 3.92. The zero-order chi connectivity index (χ0) is 18.8. The van der Waals surface area contributed by atoms with Gasteiger partial charge in [0.15, 0.2) is 5.82 Å². The number of likely N-dealkylation sites (tertiary alicyclic amines) is 1. The van der Waals surface area contributed by atoms with Crippen LogP contribution in [0.25, 0.3) is 11.4 Å². The molecule has 0 N–H and O–H groups in total. The molecule has 2 saturated heterocycles. The van der Waals surface area contributed by atoms with Gasteiger partial charge in [-0.1, -0.05) is 36.8 Å². The zero-order valence-electron chi connectivity index (χ0n) is 16.3. The van der Waals surface area contributed by atoms with E-state index in [1.165, 1.54) is 5.56 Å². The van der Waals surface area contributed by atoms with Crippen molar-refractivity contribution in [1.29, 1.82) is 0 Å². The summed E-state index contributed by atoms with van der Waals surface area (Å²) in [7, 11) is 0. The SMILES string of the molecule is Cc1ccc(-c2ncc(C(=O)N3CCCC3)c(N3CCC(C)CC3)n2)cc1. The molecule has 0 unspecified atom stereocenters. The second-order valence-electron chi connectivity index (χ2n) is 7.97. The van der Waals surface area contributed by atoms with Gasteiger partial charge in [-0.05, 0) is 38.5 Å². The first-order valence-electron chi connectivity index (χ1n) is 10.1. The molecule has 5 heteroatoms. The van der Waals surface area contributed by atoms with Crippen LogP contribution in [-0.2, 0) is 0 Å². The Balaban J connectivity index is 1.71. The molecule has 1 aromatic heterocycles. The molecule has 1 amide bonds. The van der Waals surface area contributed by atoms with Crippen LogP contribution in [0.5, 0.6) is 0 Å². The summed E-state index contributed by atoms with van der Waals surface area (Å²) in [5.74, 6) is 2.32. The average molecular weight is 364 g/mol. The number of anilines is 1. The molecule has 4 rings (SSSR count). The van der Waals surface area contributed by atoms with Crippen molar-refractivity contribution in [2.45, 2.75) is 39.5 Å². The quantitative estimate of drug-likeness (QED) is 0.828. The van der Waals surface area contributed by atoms with Gasteiger partial charge in [0.25, 0.3) is 5.91 Å². The molecule has 2 aromatic rings. The molecular formula is C22H28N4O. The smallest absolute Gasteiger partial charge is 0.259 e. The number of hydrogen-bond acceptors (Lipinski definition) is 4. The number of aryl methyl sites for hydroxylation is 1. The first-order valence-corrected chi connectivity index (χ1v) is 10.1. The molecule has 0 aliphatic carbocycles. The molecule has 0 atom stereocenters. The Labute approximate surface area is 161 Å². The topological polar surface area (TPSA) is 49.3 Å². The number of nitrogens with zero attached hydrogens (tertiary/aromatic N) is 4. The number of amides is 1. The molecule has 5 nitrogen and oxygen atoms in total. The highest BCUT2D eigenvalue weighted by atomic mass is 16.2. The summed E-state index contributed by atoms with van der Waals surface area (Å²) in [6.07, 6.45) is 6.20. The Bertz CT molecular complexity index is 804. The molecule has 2 aliphatic heterocycles. The number of benzene rings is 1. The third-order valence-electron chi connectivity index (χ3n) is 5.79. The van der Waals surface area contributed by atoms with Crippen molar-refractivity contribution in [3.8, 4) is 11.4 Å². The van der Waals surface area contributed by atoms with E-state index in [0.29, 0.717) is 11.4 Å². The third kappa shape index (κ3) is 3.82. The fourth-order valence-electron chi connectivity index (χ4n) is 3.92. The van der Waals surface area contributed by atoms with Gasteiger partial charge in [0, 0.05) is 37.9 Å². The summed E-state index contributed by atoms with van der Waals surface area (Å²) in [5.41, 5.74) is 2.86. The highest BCUT2D eigenvalue weighted by molar-refractivity contribution is 5.99. The molecule has 0 spiro atoms. The minimum Gasteiger partial charge on any atom is -0.356 e. The summed E-state index contributed by atoms with van der Waals surface area (Å²) in [5, 5.41) is 0. The molecule has 1 aromatic carbocycles. The lowest BCUT2D eigenvalue weighted by molar-refractivity contribution is 0.0792. The van der Waals surface area contributed by atoms with Crippen molar-refractivity contribution in [3.63, 3.8) is 0 Å². The maximum atomic E-state index is 13.1. The van der Waals surface area contributed by atoms with Crippen LogP contribution < -0.4 is 4.90 Å². The summed E-state index contributed by atoms with van der Waals surface area (Å²) in [6.45, 7) is 7.95. The number of carbonyl (C=O) groups excluding carboxylic acids is 1. The van der Waals surface area contributed by atoms with Crippen LogP contribution in [0.4, 0.5) is 5.82 Å². The average Bonchev–Trinajstić information content (AvgIpc) is 3.23. The Morgan fingerprint density at radius 2 is 1.70 bits per heavy atom. The van der Waals surface area contributed by atoms with Gasteiger partial charge in [-0.15, -0.1) is 0 Å². The van der Waals surface area contributed by atoms with E-state index in [9.17, 15) is 4.79 Å². The van der Waals surface area contributed by atoms with Crippen LogP contribution in [0, 0.1) is 12.8 Å². The summed E-state index contributed by atoms with van der Waals surface area (Å²) in [4.78, 5) is 26.7.